The number of anilines is 1. The smallest absolute Gasteiger partial charge is 0.338 e. The molecule has 3 aromatic carbocycles. The van der Waals surface area contributed by atoms with Crippen molar-refractivity contribution >= 4 is 29.1 Å². The molecule has 0 aliphatic carbocycles. The van der Waals surface area contributed by atoms with E-state index < -0.39 is 23.4 Å². The largest absolute Gasteiger partial charge is 0.462 e. The maximum Gasteiger partial charge on any atom is 0.338 e. The van der Waals surface area contributed by atoms with Crippen LogP contribution in [0.3, 0.4) is 0 Å². The second-order valence-corrected chi connectivity index (χ2v) is 7.68. The fourth-order valence-corrected chi connectivity index (χ4v) is 3.49. The Balaban J connectivity index is 1.59. The minimum Gasteiger partial charge on any atom is -0.462 e. The molecule has 4 aromatic rings. The molecule has 9 nitrogen and oxygen atoms in total. The number of rotatable bonds is 9. The Kier molecular flexibility index (Phi) is 7.40. The van der Waals surface area contributed by atoms with Gasteiger partial charge < -0.3 is 10.1 Å². The lowest BCUT2D eigenvalue weighted by atomic mass is 10.0. The fraction of sp³-hybridized carbons (Fsp3) is 0.111. The van der Waals surface area contributed by atoms with Crippen molar-refractivity contribution in [2.75, 3.05) is 11.9 Å². The van der Waals surface area contributed by atoms with Crippen LogP contribution in [-0.4, -0.2) is 45.0 Å². The van der Waals surface area contributed by atoms with E-state index in [1.165, 1.54) is 12.1 Å². The number of aromatic nitrogens is 3. The van der Waals surface area contributed by atoms with Crippen molar-refractivity contribution in [2.24, 2.45) is 0 Å². The topological polar surface area (TPSA) is 120 Å². The molecule has 9 heteroatoms. The van der Waals surface area contributed by atoms with Gasteiger partial charge in [0.15, 0.2) is 5.69 Å². The number of carbonyl (C=O) groups is 4. The molecule has 0 atom stereocenters. The maximum atomic E-state index is 13.4. The maximum absolute atomic E-state index is 13.4. The van der Waals surface area contributed by atoms with Crippen LogP contribution < -0.4 is 5.32 Å². The van der Waals surface area contributed by atoms with Crippen LogP contribution in [0.5, 0.6) is 0 Å². The minimum absolute atomic E-state index is 0.0807. The quantitative estimate of drug-likeness (QED) is 0.286. The monoisotopic (exact) mass is 482 g/mol. The highest BCUT2D eigenvalue weighted by Gasteiger charge is 2.28. The van der Waals surface area contributed by atoms with E-state index in [0.717, 1.165) is 4.68 Å². The number of esters is 1. The molecular formula is C27H22N4O5. The van der Waals surface area contributed by atoms with Crippen LogP contribution in [0.1, 0.15) is 49.4 Å². The molecule has 36 heavy (non-hydrogen) atoms. The molecule has 0 aliphatic rings. The summed E-state index contributed by atoms with van der Waals surface area (Å²) in [5.41, 5.74) is 1.25. The number of benzene rings is 3. The molecule has 0 saturated carbocycles. The zero-order valence-corrected chi connectivity index (χ0v) is 19.4. The van der Waals surface area contributed by atoms with Crippen molar-refractivity contribution in [1.29, 1.82) is 0 Å². The molecule has 180 valence electrons. The van der Waals surface area contributed by atoms with Gasteiger partial charge >= 0.3 is 5.97 Å². The van der Waals surface area contributed by atoms with E-state index in [4.69, 9.17) is 4.74 Å². The average molecular weight is 482 g/mol. The van der Waals surface area contributed by atoms with Crippen molar-refractivity contribution in [3.8, 4) is 0 Å². The van der Waals surface area contributed by atoms with Crippen LogP contribution in [0.4, 0.5) is 5.69 Å². The Morgan fingerprint density at radius 3 is 1.94 bits per heavy atom. The van der Waals surface area contributed by atoms with Crippen molar-refractivity contribution in [1.82, 2.24) is 15.0 Å². The second-order valence-electron chi connectivity index (χ2n) is 7.68. The normalized spacial score (nSPS) is 10.5. The Labute approximate surface area is 206 Å². The van der Waals surface area contributed by atoms with Crippen molar-refractivity contribution in [3.05, 3.63) is 113 Å². The number of nitrogens with zero attached hydrogens (tertiary/aromatic N) is 3. The predicted molar refractivity (Wildman–Crippen MR) is 131 cm³/mol. The lowest BCUT2D eigenvalue weighted by Crippen LogP contribution is -2.23. The molecule has 0 saturated heterocycles. The third-order valence-electron chi connectivity index (χ3n) is 5.21. The summed E-state index contributed by atoms with van der Waals surface area (Å²) in [6.45, 7) is 1.61. The van der Waals surface area contributed by atoms with Crippen LogP contribution in [-0.2, 0) is 16.1 Å². The van der Waals surface area contributed by atoms with E-state index in [1.807, 2.05) is 0 Å². The fourth-order valence-electron chi connectivity index (χ4n) is 3.49. The summed E-state index contributed by atoms with van der Waals surface area (Å²) in [5.74, 6) is -1.91. The first kappa shape index (κ1) is 24.2. The highest BCUT2D eigenvalue weighted by molar-refractivity contribution is 6.18. The predicted octanol–water partition coefficient (Wildman–Crippen LogP) is 3.56. The number of hydrogen-bond donors (Lipinski definition) is 1. The first-order chi connectivity index (χ1) is 17.5. The number of ketones is 2. The summed E-state index contributed by atoms with van der Waals surface area (Å²) in [6, 6.07) is 23.0. The van der Waals surface area contributed by atoms with Gasteiger partial charge in [-0.15, -0.1) is 5.10 Å². The van der Waals surface area contributed by atoms with E-state index >= 15 is 0 Å². The van der Waals surface area contributed by atoms with Crippen molar-refractivity contribution < 1.29 is 23.9 Å². The lowest BCUT2D eigenvalue weighted by molar-refractivity contribution is -0.116. The van der Waals surface area contributed by atoms with Crippen LogP contribution in [0.25, 0.3) is 0 Å². The van der Waals surface area contributed by atoms with Gasteiger partial charge in [0, 0.05) is 16.8 Å². The molecule has 1 heterocycles. The van der Waals surface area contributed by atoms with Crippen molar-refractivity contribution in [2.45, 2.75) is 13.5 Å². The van der Waals surface area contributed by atoms with Gasteiger partial charge in [0.25, 0.3) is 0 Å². The van der Waals surface area contributed by atoms with Crippen molar-refractivity contribution in [3.63, 3.8) is 0 Å². The van der Waals surface area contributed by atoms with Gasteiger partial charge in [0.05, 0.1) is 12.2 Å². The third-order valence-corrected chi connectivity index (χ3v) is 5.21. The van der Waals surface area contributed by atoms with Gasteiger partial charge in [0.1, 0.15) is 12.2 Å². The number of nitrogens with one attached hydrogen (secondary N) is 1. The first-order valence-corrected chi connectivity index (χ1v) is 11.2. The molecule has 1 N–H and O–H groups in total. The molecule has 1 amide bonds. The number of hydrogen-bond acceptors (Lipinski definition) is 7. The first-order valence-electron chi connectivity index (χ1n) is 11.2. The number of carbonyl (C=O) groups excluding carboxylic acids is 4. The Bertz CT molecular complexity index is 1400. The van der Waals surface area contributed by atoms with Crippen LogP contribution in [0.2, 0.25) is 0 Å². The zero-order valence-electron chi connectivity index (χ0n) is 19.4. The van der Waals surface area contributed by atoms with Gasteiger partial charge in [-0.2, -0.15) is 0 Å². The van der Waals surface area contributed by atoms with E-state index in [-0.39, 0.29) is 24.5 Å². The van der Waals surface area contributed by atoms with Gasteiger partial charge in [-0.25, -0.2) is 9.48 Å². The summed E-state index contributed by atoms with van der Waals surface area (Å²) in [4.78, 5) is 51.1. The zero-order chi connectivity index (χ0) is 25.5. The lowest BCUT2D eigenvalue weighted by Gasteiger charge is -2.09. The third kappa shape index (κ3) is 5.41. The van der Waals surface area contributed by atoms with Gasteiger partial charge in [-0.05, 0) is 31.2 Å². The van der Waals surface area contributed by atoms with Gasteiger partial charge in [-0.3, -0.25) is 14.4 Å². The molecule has 0 radical (unpaired) electrons. The van der Waals surface area contributed by atoms with E-state index in [0.29, 0.717) is 22.4 Å². The van der Waals surface area contributed by atoms with Crippen LogP contribution in [0, 0.1) is 0 Å². The highest BCUT2D eigenvalue weighted by Crippen LogP contribution is 2.18. The molecule has 0 fully saturated rings. The second kappa shape index (κ2) is 11.0. The van der Waals surface area contributed by atoms with E-state index in [9.17, 15) is 19.2 Å². The van der Waals surface area contributed by atoms with Gasteiger partial charge in [-0.1, -0.05) is 65.9 Å². The molecule has 0 spiro atoms. The van der Waals surface area contributed by atoms with Crippen LogP contribution in [0.15, 0.2) is 84.9 Å². The number of amides is 1. The molecule has 1 aromatic heterocycles. The van der Waals surface area contributed by atoms with E-state index in [1.54, 1.807) is 79.7 Å². The standard InChI is InChI=1S/C27H22N4O5/c1-2-36-27(35)20-13-15-21(16-14-20)28-22(32)17-31-24(26(34)19-11-7-4-8-12-19)23(29-30-31)25(33)18-9-5-3-6-10-18/h3-16H,2,17H2,1H3,(H,28,32). The minimum atomic E-state index is -0.496. The molecular weight excluding hydrogens is 460 g/mol. The summed E-state index contributed by atoms with van der Waals surface area (Å²) in [7, 11) is 0. The SMILES string of the molecule is CCOC(=O)c1ccc(NC(=O)Cn2nnc(C(=O)c3ccccc3)c2C(=O)c2ccccc2)cc1. The number of ether oxygens (including phenoxy) is 1. The Hall–Kier alpha value is -4.92. The molecule has 0 unspecified atom stereocenters. The molecule has 4 rings (SSSR count). The van der Waals surface area contributed by atoms with E-state index in [2.05, 4.69) is 15.6 Å². The summed E-state index contributed by atoms with van der Waals surface area (Å²) >= 11 is 0. The highest BCUT2D eigenvalue weighted by atomic mass is 16.5. The summed E-state index contributed by atoms with van der Waals surface area (Å²) in [6.07, 6.45) is 0. The van der Waals surface area contributed by atoms with Gasteiger partial charge in [0.2, 0.25) is 17.5 Å². The van der Waals surface area contributed by atoms with Crippen LogP contribution >= 0.6 is 0 Å². The average Bonchev–Trinajstić information content (AvgIpc) is 3.32. The summed E-state index contributed by atoms with van der Waals surface area (Å²) in [5, 5.41) is 10.6. The molecule has 0 bridgehead atoms. The Morgan fingerprint density at radius 2 is 1.36 bits per heavy atom. The summed E-state index contributed by atoms with van der Waals surface area (Å²) < 4.78 is 6.07. The Morgan fingerprint density at radius 1 is 0.778 bits per heavy atom. The molecule has 0 aliphatic heterocycles.